The number of nitrogens with zero attached hydrogens (tertiary/aromatic N) is 2. The Labute approximate surface area is 196 Å². The molecular formula is C25H21Cl2N3O2. The largest absolute Gasteiger partial charge is 0.487 e. The van der Waals surface area contributed by atoms with Crippen molar-refractivity contribution < 1.29 is 9.53 Å². The number of halogens is 2. The van der Waals surface area contributed by atoms with Gasteiger partial charge in [-0.3, -0.25) is 9.48 Å². The van der Waals surface area contributed by atoms with Gasteiger partial charge in [-0.2, -0.15) is 5.10 Å². The SMILES string of the molecule is Cc1ccccc1Cn1cc(NC(=O)c2ccc(COc3ccc(Cl)cc3Cl)cc2)cn1. The summed E-state index contributed by atoms with van der Waals surface area (Å²) < 4.78 is 7.54. The first-order valence-corrected chi connectivity index (χ1v) is 10.8. The number of rotatable bonds is 7. The third-order valence-electron chi connectivity index (χ3n) is 4.99. The van der Waals surface area contributed by atoms with Gasteiger partial charge in [-0.05, 0) is 53.9 Å². The first kappa shape index (κ1) is 21.9. The second-order valence-corrected chi connectivity index (χ2v) is 8.21. The number of anilines is 1. The number of nitrogens with one attached hydrogen (secondary N) is 1. The lowest BCUT2D eigenvalue weighted by molar-refractivity contribution is 0.102. The van der Waals surface area contributed by atoms with E-state index in [4.69, 9.17) is 27.9 Å². The maximum absolute atomic E-state index is 12.6. The van der Waals surface area contributed by atoms with E-state index in [9.17, 15) is 4.79 Å². The third-order valence-corrected chi connectivity index (χ3v) is 5.52. The van der Waals surface area contributed by atoms with Gasteiger partial charge in [0.25, 0.3) is 5.91 Å². The number of hydrogen-bond donors (Lipinski definition) is 1. The minimum absolute atomic E-state index is 0.200. The van der Waals surface area contributed by atoms with Gasteiger partial charge in [-0.1, -0.05) is 59.6 Å². The molecule has 0 aliphatic carbocycles. The number of carbonyl (C=O) groups is 1. The Kier molecular flexibility index (Phi) is 6.78. The van der Waals surface area contributed by atoms with Crippen molar-refractivity contribution >= 4 is 34.8 Å². The summed E-state index contributed by atoms with van der Waals surface area (Å²) in [6.45, 7) is 3.05. The Morgan fingerprint density at radius 1 is 1.06 bits per heavy atom. The molecule has 1 amide bonds. The second kappa shape index (κ2) is 9.90. The summed E-state index contributed by atoms with van der Waals surface area (Å²) in [6, 6.07) is 20.5. The Hall–Kier alpha value is -3.28. The average Bonchev–Trinajstić information content (AvgIpc) is 3.22. The number of aryl methyl sites for hydroxylation is 1. The van der Waals surface area contributed by atoms with Crippen LogP contribution in [0.4, 0.5) is 5.69 Å². The standard InChI is InChI=1S/C25H21Cl2N3O2/c1-17-4-2-3-5-20(17)14-30-15-22(13-28-30)29-25(31)19-8-6-18(7-9-19)16-32-24-11-10-21(26)12-23(24)27/h2-13,15H,14,16H2,1H3,(H,29,31). The van der Waals surface area contributed by atoms with E-state index in [0.29, 0.717) is 40.2 Å². The highest BCUT2D eigenvalue weighted by atomic mass is 35.5. The van der Waals surface area contributed by atoms with Crippen molar-refractivity contribution in [2.24, 2.45) is 0 Å². The van der Waals surface area contributed by atoms with Crippen molar-refractivity contribution in [1.82, 2.24) is 9.78 Å². The van der Waals surface area contributed by atoms with Crippen LogP contribution in [0, 0.1) is 6.92 Å². The Morgan fingerprint density at radius 3 is 2.59 bits per heavy atom. The molecule has 3 aromatic carbocycles. The van der Waals surface area contributed by atoms with Crippen LogP contribution in [0.5, 0.6) is 5.75 Å². The molecule has 1 N–H and O–H groups in total. The Balaban J connectivity index is 1.34. The predicted molar refractivity (Wildman–Crippen MR) is 128 cm³/mol. The van der Waals surface area contributed by atoms with Gasteiger partial charge in [-0.15, -0.1) is 0 Å². The summed E-state index contributed by atoms with van der Waals surface area (Å²) in [4.78, 5) is 12.6. The molecule has 162 valence electrons. The summed E-state index contributed by atoms with van der Waals surface area (Å²) in [6.07, 6.45) is 3.47. The molecule has 5 nitrogen and oxygen atoms in total. The Morgan fingerprint density at radius 2 is 1.84 bits per heavy atom. The molecule has 0 aliphatic rings. The lowest BCUT2D eigenvalue weighted by Crippen LogP contribution is -2.11. The summed E-state index contributed by atoms with van der Waals surface area (Å²) in [5.74, 6) is 0.356. The van der Waals surface area contributed by atoms with Crippen LogP contribution < -0.4 is 10.1 Å². The highest BCUT2D eigenvalue weighted by Gasteiger charge is 2.09. The van der Waals surface area contributed by atoms with Crippen molar-refractivity contribution in [2.75, 3.05) is 5.32 Å². The highest BCUT2D eigenvalue weighted by molar-refractivity contribution is 6.35. The molecule has 4 aromatic rings. The zero-order valence-electron chi connectivity index (χ0n) is 17.4. The van der Waals surface area contributed by atoms with Gasteiger partial charge in [0.15, 0.2) is 0 Å². The summed E-state index contributed by atoms with van der Waals surface area (Å²) in [7, 11) is 0. The Bertz CT molecular complexity index is 1240. The number of carbonyl (C=O) groups excluding carboxylic acids is 1. The maximum atomic E-state index is 12.6. The zero-order valence-corrected chi connectivity index (χ0v) is 18.9. The first-order chi connectivity index (χ1) is 15.5. The van der Waals surface area contributed by atoms with Crippen molar-refractivity contribution in [2.45, 2.75) is 20.1 Å². The fourth-order valence-corrected chi connectivity index (χ4v) is 3.65. The molecule has 0 spiro atoms. The van der Waals surface area contributed by atoms with Gasteiger partial charge in [0.2, 0.25) is 0 Å². The zero-order chi connectivity index (χ0) is 22.5. The van der Waals surface area contributed by atoms with Crippen molar-refractivity contribution in [3.8, 4) is 5.75 Å². The molecule has 1 heterocycles. The van der Waals surface area contributed by atoms with E-state index in [1.165, 1.54) is 11.1 Å². The van der Waals surface area contributed by atoms with Crippen molar-refractivity contribution in [3.05, 3.63) is 111 Å². The molecule has 0 aliphatic heterocycles. The molecule has 0 atom stereocenters. The van der Waals surface area contributed by atoms with E-state index in [0.717, 1.165) is 5.56 Å². The predicted octanol–water partition coefficient (Wildman–Crippen LogP) is 6.38. The summed E-state index contributed by atoms with van der Waals surface area (Å²) in [5, 5.41) is 8.24. The van der Waals surface area contributed by atoms with Gasteiger partial charge in [0.05, 0.1) is 23.5 Å². The van der Waals surface area contributed by atoms with Crippen LogP contribution >= 0.6 is 23.2 Å². The molecule has 0 fully saturated rings. The lowest BCUT2D eigenvalue weighted by Gasteiger charge is -2.09. The van der Waals surface area contributed by atoms with E-state index in [-0.39, 0.29) is 5.91 Å². The lowest BCUT2D eigenvalue weighted by atomic mass is 10.1. The fraction of sp³-hybridized carbons (Fsp3) is 0.120. The quantitative estimate of drug-likeness (QED) is 0.344. The molecular weight excluding hydrogens is 445 g/mol. The van der Waals surface area contributed by atoms with Crippen molar-refractivity contribution in [3.63, 3.8) is 0 Å². The molecule has 32 heavy (non-hydrogen) atoms. The number of ether oxygens (including phenoxy) is 1. The van der Waals surface area contributed by atoms with Crippen molar-refractivity contribution in [1.29, 1.82) is 0 Å². The van der Waals surface area contributed by atoms with Gasteiger partial charge in [0, 0.05) is 16.8 Å². The van der Waals surface area contributed by atoms with Crippen LogP contribution in [0.3, 0.4) is 0 Å². The second-order valence-electron chi connectivity index (χ2n) is 7.37. The van der Waals surface area contributed by atoms with Crippen LogP contribution in [0.1, 0.15) is 27.0 Å². The average molecular weight is 466 g/mol. The fourth-order valence-electron chi connectivity index (χ4n) is 3.19. The normalized spacial score (nSPS) is 10.7. The van der Waals surface area contributed by atoms with E-state index in [1.807, 2.05) is 30.5 Å². The number of benzene rings is 3. The maximum Gasteiger partial charge on any atom is 0.255 e. The van der Waals surface area contributed by atoms with Gasteiger partial charge in [0.1, 0.15) is 12.4 Å². The molecule has 0 bridgehead atoms. The number of aromatic nitrogens is 2. The third kappa shape index (κ3) is 5.49. The topological polar surface area (TPSA) is 56.2 Å². The van der Waals surface area contributed by atoms with E-state index in [2.05, 4.69) is 29.5 Å². The van der Waals surface area contributed by atoms with Crippen LogP contribution in [-0.4, -0.2) is 15.7 Å². The number of hydrogen-bond acceptors (Lipinski definition) is 3. The molecule has 0 radical (unpaired) electrons. The molecule has 0 unspecified atom stereocenters. The summed E-state index contributed by atoms with van der Waals surface area (Å²) >= 11 is 12.0. The van der Waals surface area contributed by atoms with Crippen LogP contribution in [0.25, 0.3) is 0 Å². The van der Waals surface area contributed by atoms with Gasteiger partial charge < -0.3 is 10.1 Å². The minimum Gasteiger partial charge on any atom is -0.487 e. The highest BCUT2D eigenvalue weighted by Crippen LogP contribution is 2.28. The monoisotopic (exact) mass is 465 g/mol. The molecule has 0 saturated heterocycles. The smallest absolute Gasteiger partial charge is 0.255 e. The van der Waals surface area contributed by atoms with Gasteiger partial charge >= 0.3 is 0 Å². The van der Waals surface area contributed by atoms with Gasteiger partial charge in [-0.25, -0.2) is 0 Å². The van der Waals surface area contributed by atoms with Crippen LogP contribution in [-0.2, 0) is 13.2 Å². The number of amides is 1. The summed E-state index contributed by atoms with van der Waals surface area (Å²) in [5.41, 5.74) is 4.50. The molecule has 0 saturated carbocycles. The molecule has 7 heteroatoms. The molecule has 4 rings (SSSR count). The van der Waals surface area contributed by atoms with Crippen LogP contribution in [0.15, 0.2) is 79.1 Å². The minimum atomic E-state index is -0.200. The molecule has 1 aromatic heterocycles. The van der Waals surface area contributed by atoms with Crippen LogP contribution in [0.2, 0.25) is 10.0 Å². The van der Waals surface area contributed by atoms with E-state index in [1.54, 1.807) is 41.2 Å². The van der Waals surface area contributed by atoms with E-state index < -0.39 is 0 Å². The van der Waals surface area contributed by atoms with E-state index >= 15 is 0 Å². The first-order valence-electron chi connectivity index (χ1n) is 10.0.